The molecule has 1 fully saturated rings. The van der Waals surface area contributed by atoms with E-state index in [4.69, 9.17) is 5.73 Å². The Kier molecular flexibility index (Phi) is 6.97. The van der Waals surface area contributed by atoms with Crippen LogP contribution < -0.4 is 11.1 Å². The average Bonchev–Trinajstić information content (AvgIpc) is 2.34. The standard InChI is InChI=1S/C13H26N2OS/c1-10-5-3-4-6-11(10)9-15-13(16)12(14)7-8-17-2/h10-12H,3-9,14H2,1-2H3,(H,15,16)/t10?,11?,12-/m1/s1. The largest absolute Gasteiger partial charge is 0.354 e. The predicted molar refractivity (Wildman–Crippen MR) is 75.1 cm³/mol. The van der Waals surface area contributed by atoms with Crippen molar-refractivity contribution < 1.29 is 4.79 Å². The fourth-order valence-electron chi connectivity index (χ4n) is 2.43. The van der Waals surface area contributed by atoms with Crippen molar-refractivity contribution >= 4 is 17.7 Å². The van der Waals surface area contributed by atoms with E-state index in [1.54, 1.807) is 11.8 Å². The van der Waals surface area contributed by atoms with E-state index >= 15 is 0 Å². The third-order valence-corrected chi connectivity index (χ3v) is 4.44. The van der Waals surface area contributed by atoms with Crippen LogP contribution in [0.15, 0.2) is 0 Å². The lowest BCUT2D eigenvalue weighted by Gasteiger charge is -2.29. The molecule has 0 aromatic rings. The second-order valence-electron chi connectivity index (χ2n) is 5.15. The molecule has 2 unspecified atom stereocenters. The summed E-state index contributed by atoms with van der Waals surface area (Å²) in [6.07, 6.45) is 8.02. The molecule has 0 spiro atoms. The number of carbonyl (C=O) groups is 1. The maximum atomic E-state index is 11.8. The van der Waals surface area contributed by atoms with Crippen LogP contribution in [0.2, 0.25) is 0 Å². The number of hydrogen-bond donors (Lipinski definition) is 2. The van der Waals surface area contributed by atoms with Crippen molar-refractivity contribution in [3.63, 3.8) is 0 Å². The molecule has 3 N–H and O–H groups in total. The molecule has 4 heteroatoms. The van der Waals surface area contributed by atoms with Gasteiger partial charge in [-0.25, -0.2) is 0 Å². The zero-order chi connectivity index (χ0) is 12.7. The molecule has 3 atom stereocenters. The molecule has 0 radical (unpaired) electrons. The van der Waals surface area contributed by atoms with Crippen LogP contribution in [0, 0.1) is 11.8 Å². The van der Waals surface area contributed by atoms with E-state index in [2.05, 4.69) is 12.2 Å². The molecule has 17 heavy (non-hydrogen) atoms. The van der Waals surface area contributed by atoms with Gasteiger partial charge in [-0.15, -0.1) is 0 Å². The molecule has 0 saturated heterocycles. The van der Waals surface area contributed by atoms with E-state index in [1.807, 2.05) is 6.26 Å². The van der Waals surface area contributed by atoms with E-state index in [1.165, 1.54) is 25.7 Å². The van der Waals surface area contributed by atoms with Gasteiger partial charge in [0, 0.05) is 6.54 Å². The van der Waals surface area contributed by atoms with Gasteiger partial charge in [0.2, 0.25) is 5.91 Å². The quantitative estimate of drug-likeness (QED) is 0.766. The van der Waals surface area contributed by atoms with Gasteiger partial charge in [-0.3, -0.25) is 4.79 Å². The lowest BCUT2D eigenvalue weighted by Crippen LogP contribution is -2.43. The summed E-state index contributed by atoms with van der Waals surface area (Å²) in [7, 11) is 0. The Bertz CT molecular complexity index is 235. The first-order valence-corrected chi connectivity index (χ1v) is 8.06. The first kappa shape index (κ1) is 14.8. The van der Waals surface area contributed by atoms with E-state index in [0.29, 0.717) is 5.92 Å². The molecule has 1 aliphatic carbocycles. The fraction of sp³-hybridized carbons (Fsp3) is 0.923. The highest BCUT2D eigenvalue weighted by Gasteiger charge is 2.22. The molecule has 100 valence electrons. The molecule has 1 aliphatic rings. The van der Waals surface area contributed by atoms with Gasteiger partial charge in [-0.05, 0) is 36.7 Å². The van der Waals surface area contributed by atoms with Gasteiger partial charge in [0.1, 0.15) is 0 Å². The van der Waals surface area contributed by atoms with Gasteiger partial charge in [-0.2, -0.15) is 11.8 Å². The van der Waals surface area contributed by atoms with Crippen molar-refractivity contribution in [2.24, 2.45) is 17.6 Å². The molecular formula is C13H26N2OS. The SMILES string of the molecule is CSCC[C@@H](N)C(=O)NCC1CCCCC1C. The third-order valence-electron chi connectivity index (χ3n) is 3.80. The number of rotatable bonds is 6. The minimum Gasteiger partial charge on any atom is -0.354 e. The van der Waals surface area contributed by atoms with Crippen LogP contribution in [-0.2, 0) is 4.79 Å². The van der Waals surface area contributed by atoms with Gasteiger partial charge >= 0.3 is 0 Å². The monoisotopic (exact) mass is 258 g/mol. The van der Waals surface area contributed by atoms with E-state index in [0.717, 1.165) is 24.6 Å². The Balaban J connectivity index is 2.22. The molecular weight excluding hydrogens is 232 g/mol. The molecule has 1 saturated carbocycles. The number of amides is 1. The molecule has 0 aromatic carbocycles. The van der Waals surface area contributed by atoms with Crippen LogP contribution in [0.1, 0.15) is 39.0 Å². The second-order valence-corrected chi connectivity index (χ2v) is 6.14. The number of nitrogens with one attached hydrogen (secondary N) is 1. The number of nitrogens with two attached hydrogens (primary N) is 1. The first-order chi connectivity index (χ1) is 8.15. The van der Waals surface area contributed by atoms with Crippen LogP contribution in [-0.4, -0.2) is 30.5 Å². The minimum absolute atomic E-state index is 0.0248. The highest BCUT2D eigenvalue weighted by Crippen LogP contribution is 2.28. The smallest absolute Gasteiger partial charge is 0.236 e. The average molecular weight is 258 g/mol. The predicted octanol–water partition coefficient (Wildman–Crippen LogP) is 2.01. The fourth-order valence-corrected chi connectivity index (χ4v) is 2.92. The normalized spacial score (nSPS) is 26.5. The van der Waals surface area contributed by atoms with Crippen LogP contribution in [0.4, 0.5) is 0 Å². The van der Waals surface area contributed by atoms with Crippen molar-refractivity contribution in [3.05, 3.63) is 0 Å². The maximum Gasteiger partial charge on any atom is 0.236 e. The van der Waals surface area contributed by atoms with Crippen LogP contribution >= 0.6 is 11.8 Å². The van der Waals surface area contributed by atoms with Crippen molar-refractivity contribution in [1.82, 2.24) is 5.32 Å². The van der Waals surface area contributed by atoms with Gasteiger partial charge in [-0.1, -0.05) is 26.2 Å². The van der Waals surface area contributed by atoms with E-state index < -0.39 is 0 Å². The van der Waals surface area contributed by atoms with Crippen molar-refractivity contribution in [3.8, 4) is 0 Å². The molecule has 1 amide bonds. The highest BCUT2D eigenvalue weighted by molar-refractivity contribution is 7.98. The molecule has 0 heterocycles. The first-order valence-electron chi connectivity index (χ1n) is 6.67. The Labute approximate surface area is 109 Å². The summed E-state index contributed by atoms with van der Waals surface area (Å²) in [6.45, 7) is 3.11. The van der Waals surface area contributed by atoms with Gasteiger partial charge in [0.05, 0.1) is 6.04 Å². The van der Waals surface area contributed by atoms with Gasteiger partial charge < -0.3 is 11.1 Å². The zero-order valence-electron chi connectivity index (χ0n) is 11.1. The molecule has 0 aromatic heterocycles. The Morgan fingerprint density at radius 2 is 2.18 bits per heavy atom. The van der Waals surface area contributed by atoms with E-state index in [-0.39, 0.29) is 11.9 Å². The van der Waals surface area contributed by atoms with Gasteiger partial charge in [0.25, 0.3) is 0 Å². The second kappa shape index (κ2) is 7.98. The van der Waals surface area contributed by atoms with Crippen molar-refractivity contribution in [1.29, 1.82) is 0 Å². The third kappa shape index (κ3) is 5.30. The Morgan fingerprint density at radius 1 is 1.47 bits per heavy atom. The topological polar surface area (TPSA) is 55.1 Å². The summed E-state index contributed by atoms with van der Waals surface area (Å²) in [6, 6.07) is -0.332. The summed E-state index contributed by atoms with van der Waals surface area (Å²) in [4.78, 5) is 11.8. The van der Waals surface area contributed by atoms with Gasteiger partial charge in [0.15, 0.2) is 0 Å². The maximum absolute atomic E-state index is 11.8. The highest BCUT2D eigenvalue weighted by atomic mass is 32.2. The zero-order valence-corrected chi connectivity index (χ0v) is 11.9. The number of hydrogen-bond acceptors (Lipinski definition) is 3. The summed E-state index contributed by atoms with van der Waals surface area (Å²) in [5, 5.41) is 3.02. The Hall–Kier alpha value is -0.220. The number of carbonyl (C=O) groups excluding carboxylic acids is 1. The minimum atomic E-state index is -0.332. The van der Waals surface area contributed by atoms with Crippen LogP contribution in [0.5, 0.6) is 0 Å². The van der Waals surface area contributed by atoms with Crippen molar-refractivity contribution in [2.45, 2.75) is 45.1 Å². The van der Waals surface area contributed by atoms with Crippen molar-refractivity contribution in [2.75, 3.05) is 18.6 Å². The molecule has 0 bridgehead atoms. The summed E-state index contributed by atoms with van der Waals surface area (Å²) < 4.78 is 0. The Morgan fingerprint density at radius 3 is 2.82 bits per heavy atom. The molecule has 1 rings (SSSR count). The lowest BCUT2D eigenvalue weighted by atomic mass is 9.80. The summed E-state index contributed by atoms with van der Waals surface area (Å²) in [5.41, 5.74) is 5.83. The summed E-state index contributed by atoms with van der Waals surface area (Å²) >= 11 is 1.73. The molecule has 3 nitrogen and oxygen atoms in total. The lowest BCUT2D eigenvalue weighted by molar-refractivity contribution is -0.122. The molecule has 0 aliphatic heterocycles. The number of thioether (sulfide) groups is 1. The van der Waals surface area contributed by atoms with Crippen LogP contribution in [0.25, 0.3) is 0 Å². The van der Waals surface area contributed by atoms with Crippen LogP contribution in [0.3, 0.4) is 0 Å². The summed E-state index contributed by atoms with van der Waals surface area (Å²) in [5.74, 6) is 2.37. The van der Waals surface area contributed by atoms with E-state index in [9.17, 15) is 4.79 Å².